The van der Waals surface area contributed by atoms with E-state index in [1.807, 2.05) is 48.2 Å². The van der Waals surface area contributed by atoms with E-state index in [1.165, 1.54) is 11.6 Å². The van der Waals surface area contributed by atoms with Crippen LogP contribution in [0.4, 0.5) is 0 Å². The lowest BCUT2D eigenvalue weighted by Crippen LogP contribution is -2.19. The van der Waals surface area contributed by atoms with Gasteiger partial charge in [0.25, 0.3) is 0 Å². The Morgan fingerprint density at radius 2 is 2.05 bits per heavy atom. The van der Waals surface area contributed by atoms with Gasteiger partial charge in [0.15, 0.2) is 0 Å². The lowest BCUT2D eigenvalue weighted by atomic mass is 10.2. The predicted molar refractivity (Wildman–Crippen MR) is 83.6 cm³/mol. The highest BCUT2D eigenvalue weighted by Gasteiger charge is 2.01. The minimum Gasteiger partial charge on any atom is -0.348 e. The third-order valence-corrected chi connectivity index (χ3v) is 2.89. The van der Waals surface area contributed by atoms with E-state index in [0.29, 0.717) is 6.54 Å². The van der Waals surface area contributed by atoms with Gasteiger partial charge in [0.2, 0.25) is 5.91 Å². The predicted octanol–water partition coefficient (Wildman–Crippen LogP) is 2.68. The number of amides is 1. The third-order valence-electron chi connectivity index (χ3n) is 2.89. The second-order valence-electron chi connectivity index (χ2n) is 4.63. The summed E-state index contributed by atoms with van der Waals surface area (Å²) in [4.78, 5) is 11.5. The summed E-state index contributed by atoms with van der Waals surface area (Å²) in [5.41, 5.74) is 2.18. The molecule has 0 unspecified atom stereocenters. The molecule has 0 saturated heterocycles. The van der Waals surface area contributed by atoms with Crippen LogP contribution in [0, 0.1) is 0 Å². The minimum absolute atomic E-state index is 0.107. The van der Waals surface area contributed by atoms with Gasteiger partial charge in [0, 0.05) is 24.4 Å². The van der Waals surface area contributed by atoms with Gasteiger partial charge < -0.3 is 5.32 Å². The van der Waals surface area contributed by atoms with E-state index >= 15 is 0 Å². The lowest BCUT2D eigenvalue weighted by Gasteiger charge is -2.01. The van der Waals surface area contributed by atoms with Crippen molar-refractivity contribution in [3.8, 4) is 0 Å². The molecule has 0 spiro atoms. The first-order valence-electron chi connectivity index (χ1n) is 6.90. The summed E-state index contributed by atoms with van der Waals surface area (Å²) in [6.45, 7) is 3.12. The number of benzene rings is 1. The summed E-state index contributed by atoms with van der Waals surface area (Å²) < 4.78 is 1.87. The van der Waals surface area contributed by atoms with Crippen molar-refractivity contribution in [2.24, 2.45) is 0 Å². The topological polar surface area (TPSA) is 46.9 Å². The average Bonchev–Trinajstić information content (AvgIpc) is 2.94. The first-order chi connectivity index (χ1) is 10.3. The van der Waals surface area contributed by atoms with Gasteiger partial charge in [-0.25, -0.2) is 0 Å². The first kappa shape index (κ1) is 14.8. The fourth-order valence-electron chi connectivity index (χ4n) is 1.86. The van der Waals surface area contributed by atoms with Crippen molar-refractivity contribution < 1.29 is 4.79 Å². The average molecular weight is 281 g/mol. The molecular formula is C17H19N3O. The Balaban J connectivity index is 1.84. The second kappa shape index (κ2) is 7.85. The monoisotopic (exact) mass is 281 g/mol. The highest BCUT2D eigenvalue weighted by Crippen LogP contribution is 2.03. The van der Waals surface area contributed by atoms with Crippen molar-refractivity contribution in [1.29, 1.82) is 0 Å². The van der Waals surface area contributed by atoms with E-state index < -0.39 is 0 Å². The van der Waals surface area contributed by atoms with Crippen molar-refractivity contribution in [3.63, 3.8) is 0 Å². The van der Waals surface area contributed by atoms with E-state index in [-0.39, 0.29) is 5.91 Å². The number of hydrogen-bond donors (Lipinski definition) is 1. The maximum Gasteiger partial charge on any atom is 0.244 e. The molecule has 0 aliphatic carbocycles. The van der Waals surface area contributed by atoms with Crippen LogP contribution in [0.1, 0.15) is 18.1 Å². The van der Waals surface area contributed by atoms with Gasteiger partial charge in [-0.3, -0.25) is 9.48 Å². The molecule has 2 rings (SSSR count). The number of carbonyl (C=O) groups excluding carboxylic acids is 1. The lowest BCUT2D eigenvalue weighted by molar-refractivity contribution is -0.116. The van der Waals surface area contributed by atoms with E-state index in [4.69, 9.17) is 0 Å². The first-order valence-corrected chi connectivity index (χ1v) is 6.90. The van der Waals surface area contributed by atoms with Crippen molar-refractivity contribution in [2.45, 2.75) is 20.0 Å². The molecule has 2 aromatic rings. The number of allylic oxidation sites excluding steroid dienone is 3. The maximum absolute atomic E-state index is 11.5. The summed E-state index contributed by atoms with van der Waals surface area (Å²) in [7, 11) is 0. The Morgan fingerprint density at radius 1 is 1.24 bits per heavy atom. The molecule has 21 heavy (non-hydrogen) atoms. The maximum atomic E-state index is 11.5. The molecule has 4 heteroatoms. The van der Waals surface area contributed by atoms with Gasteiger partial charge in [0.1, 0.15) is 0 Å². The number of nitrogens with zero attached hydrogens (tertiary/aromatic N) is 2. The van der Waals surface area contributed by atoms with Gasteiger partial charge in [-0.1, -0.05) is 48.6 Å². The third kappa shape index (κ3) is 5.10. The van der Waals surface area contributed by atoms with Crippen LogP contribution >= 0.6 is 0 Å². The van der Waals surface area contributed by atoms with E-state index in [2.05, 4.69) is 22.5 Å². The summed E-state index contributed by atoms with van der Waals surface area (Å²) in [6, 6.07) is 10.1. The van der Waals surface area contributed by atoms with Crippen molar-refractivity contribution in [3.05, 3.63) is 78.2 Å². The molecule has 0 aliphatic heterocycles. The van der Waals surface area contributed by atoms with Gasteiger partial charge in [0.05, 0.1) is 12.7 Å². The Kier molecular flexibility index (Phi) is 5.52. The molecule has 0 atom stereocenters. The molecule has 1 amide bonds. The van der Waals surface area contributed by atoms with Crippen LogP contribution in [-0.2, 0) is 17.9 Å². The minimum atomic E-state index is -0.107. The van der Waals surface area contributed by atoms with Gasteiger partial charge in [-0.05, 0) is 12.5 Å². The van der Waals surface area contributed by atoms with E-state index in [9.17, 15) is 4.79 Å². The Hall–Kier alpha value is -2.62. The highest BCUT2D eigenvalue weighted by molar-refractivity contribution is 5.87. The fourth-order valence-corrected chi connectivity index (χ4v) is 1.86. The standard InChI is InChI=1S/C17H19N3O/c1-2-3-5-10-17(21)18-11-16-12-19-20(14-16)13-15-8-6-4-7-9-15/h2-10,12,14H,11,13H2,1H3,(H,18,21). The van der Waals surface area contributed by atoms with Crippen molar-refractivity contribution in [1.82, 2.24) is 15.1 Å². The number of nitrogens with one attached hydrogen (secondary N) is 1. The number of rotatable bonds is 6. The Labute approximate surface area is 124 Å². The van der Waals surface area contributed by atoms with E-state index in [1.54, 1.807) is 12.3 Å². The van der Waals surface area contributed by atoms with Crippen molar-refractivity contribution >= 4 is 5.91 Å². The number of hydrogen-bond acceptors (Lipinski definition) is 2. The van der Waals surface area contributed by atoms with Crippen LogP contribution in [0.5, 0.6) is 0 Å². The smallest absolute Gasteiger partial charge is 0.244 e. The highest BCUT2D eigenvalue weighted by atomic mass is 16.1. The second-order valence-corrected chi connectivity index (χ2v) is 4.63. The molecule has 1 aromatic heterocycles. The van der Waals surface area contributed by atoms with Crippen LogP contribution in [0.25, 0.3) is 0 Å². The van der Waals surface area contributed by atoms with Crippen LogP contribution in [0.3, 0.4) is 0 Å². The Bertz CT molecular complexity index is 626. The summed E-state index contributed by atoms with van der Waals surface area (Å²) in [6.07, 6.45) is 10.6. The molecule has 1 N–H and O–H groups in total. The van der Waals surface area contributed by atoms with Gasteiger partial charge >= 0.3 is 0 Å². The zero-order valence-electron chi connectivity index (χ0n) is 12.1. The molecular weight excluding hydrogens is 262 g/mol. The van der Waals surface area contributed by atoms with Gasteiger partial charge in [-0.15, -0.1) is 0 Å². The zero-order chi connectivity index (χ0) is 14.9. The fraction of sp³-hybridized carbons (Fsp3) is 0.176. The summed E-state index contributed by atoms with van der Waals surface area (Å²) >= 11 is 0. The van der Waals surface area contributed by atoms with Crippen LogP contribution < -0.4 is 5.32 Å². The quantitative estimate of drug-likeness (QED) is 0.653. The molecule has 0 radical (unpaired) electrons. The largest absolute Gasteiger partial charge is 0.348 e. The summed E-state index contributed by atoms with van der Waals surface area (Å²) in [5, 5.41) is 7.12. The SMILES string of the molecule is CC=CC=CC(=O)NCc1cnn(Cc2ccccc2)c1. The summed E-state index contributed by atoms with van der Waals surface area (Å²) in [5.74, 6) is -0.107. The van der Waals surface area contributed by atoms with Crippen LogP contribution in [-0.4, -0.2) is 15.7 Å². The van der Waals surface area contributed by atoms with Gasteiger partial charge in [-0.2, -0.15) is 5.10 Å². The van der Waals surface area contributed by atoms with Crippen LogP contribution in [0.2, 0.25) is 0 Å². The zero-order valence-corrected chi connectivity index (χ0v) is 12.1. The number of aromatic nitrogens is 2. The molecule has 1 heterocycles. The van der Waals surface area contributed by atoms with E-state index in [0.717, 1.165) is 12.1 Å². The molecule has 4 nitrogen and oxygen atoms in total. The molecule has 0 aliphatic rings. The molecule has 0 fully saturated rings. The number of carbonyl (C=O) groups is 1. The van der Waals surface area contributed by atoms with Crippen molar-refractivity contribution in [2.75, 3.05) is 0 Å². The molecule has 108 valence electrons. The molecule has 0 bridgehead atoms. The Morgan fingerprint density at radius 3 is 2.81 bits per heavy atom. The molecule has 0 saturated carbocycles. The normalized spacial score (nSPS) is 11.3. The van der Waals surface area contributed by atoms with Crippen LogP contribution in [0.15, 0.2) is 67.0 Å². The molecule has 1 aromatic carbocycles.